The third kappa shape index (κ3) is 0.928. The molecule has 0 fully saturated rings. The van der Waals surface area contributed by atoms with Crippen LogP contribution in [0.3, 0.4) is 0 Å². The Morgan fingerprint density at radius 3 is 2.88 bits per heavy atom. The predicted molar refractivity (Wildman–Crippen MR) is 29.7 cm³/mol. The van der Waals surface area contributed by atoms with E-state index < -0.39 is 7.80 Å². The molecule has 0 saturated heterocycles. The van der Waals surface area contributed by atoms with Crippen molar-refractivity contribution in [3.05, 3.63) is 12.5 Å². The normalized spacial score (nSPS) is 11.4. The Balaban J connectivity index is 2.93. The summed E-state index contributed by atoms with van der Waals surface area (Å²) in [6.45, 7) is 1.56. The first kappa shape index (κ1) is 5.45. The molecule has 0 aliphatic carbocycles. The van der Waals surface area contributed by atoms with Gasteiger partial charge in [-0.15, -0.1) is 0 Å². The highest BCUT2D eigenvalue weighted by molar-refractivity contribution is 7.51. The van der Waals surface area contributed by atoms with E-state index in [4.69, 9.17) is 4.42 Å². The van der Waals surface area contributed by atoms with Crippen molar-refractivity contribution < 1.29 is 8.98 Å². The topological polar surface area (TPSA) is 43.1 Å². The zero-order valence-corrected chi connectivity index (χ0v) is 5.26. The van der Waals surface area contributed by atoms with Gasteiger partial charge in [0.2, 0.25) is 0 Å². The van der Waals surface area contributed by atoms with Crippen LogP contribution in [-0.4, -0.2) is 11.6 Å². The van der Waals surface area contributed by atoms with Crippen molar-refractivity contribution in [3.8, 4) is 0 Å². The second-order valence-corrected chi connectivity index (χ2v) is 2.69. The molecule has 0 bridgehead atoms. The van der Waals surface area contributed by atoms with Gasteiger partial charge in [-0.3, -0.25) is 0 Å². The first-order valence-corrected chi connectivity index (χ1v) is 3.82. The van der Waals surface area contributed by atoms with E-state index >= 15 is 0 Å². The Hall–Kier alpha value is -0.690. The summed E-state index contributed by atoms with van der Waals surface area (Å²) in [5.41, 5.74) is 0.319. The average molecular weight is 130 g/mol. The van der Waals surface area contributed by atoms with E-state index in [0.29, 0.717) is 5.63 Å². The van der Waals surface area contributed by atoms with Crippen molar-refractivity contribution in [3.63, 3.8) is 0 Å². The smallest absolute Gasteiger partial charge is 0.411 e. The van der Waals surface area contributed by atoms with Gasteiger partial charge in [0.1, 0.15) is 12.9 Å². The molecule has 1 aromatic rings. The fourth-order valence-electron chi connectivity index (χ4n) is 0.371. The molecule has 0 N–H and O–H groups in total. The molecule has 1 aromatic heterocycles. The van der Waals surface area contributed by atoms with Crippen molar-refractivity contribution in [1.82, 2.24) is 4.98 Å². The summed E-state index contributed by atoms with van der Waals surface area (Å²) in [5, 5.41) is 0. The van der Waals surface area contributed by atoms with Crippen LogP contribution >= 0.6 is 7.80 Å². The van der Waals surface area contributed by atoms with Crippen LogP contribution in [0.15, 0.2) is 16.9 Å². The molecule has 3 nitrogen and oxygen atoms in total. The summed E-state index contributed by atoms with van der Waals surface area (Å²) < 4.78 is 15.2. The Morgan fingerprint density at radius 2 is 2.62 bits per heavy atom. The maximum Gasteiger partial charge on any atom is 0.448 e. The summed E-state index contributed by atoms with van der Waals surface area (Å²) in [6, 6.07) is 0. The molecule has 1 unspecified atom stereocenters. The van der Waals surface area contributed by atoms with E-state index in [1.807, 2.05) is 0 Å². The van der Waals surface area contributed by atoms with E-state index in [-0.39, 0.29) is 0 Å². The minimum absolute atomic E-state index is 0.319. The lowest BCUT2D eigenvalue weighted by molar-refractivity contribution is 0.567. The first-order chi connectivity index (χ1) is 3.80. The van der Waals surface area contributed by atoms with Crippen molar-refractivity contribution in [2.75, 3.05) is 6.66 Å². The Morgan fingerprint density at radius 1 is 1.88 bits per heavy atom. The van der Waals surface area contributed by atoms with Crippen LogP contribution in [0.5, 0.6) is 0 Å². The standard InChI is InChI=1S/C4H5NO2P/c1-8(6)4-5-2-3-7-4/h2-3H,1H3/q+1. The Kier molecular flexibility index (Phi) is 1.40. The molecule has 0 aliphatic rings. The highest BCUT2D eigenvalue weighted by Crippen LogP contribution is 2.09. The van der Waals surface area contributed by atoms with Gasteiger partial charge in [-0.1, -0.05) is 4.57 Å². The van der Waals surface area contributed by atoms with E-state index in [9.17, 15) is 4.57 Å². The molecule has 4 heteroatoms. The van der Waals surface area contributed by atoms with E-state index in [2.05, 4.69) is 4.98 Å². The van der Waals surface area contributed by atoms with Gasteiger partial charge < -0.3 is 4.42 Å². The fraction of sp³-hybridized carbons (Fsp3) is 0.250. The van der Waals surface area contributed by atoms with E-state index in [0.717, 1.165) is 0 Å². The predicted octanol–water partition coefficient (Wildman–Crippen LogP) is 0.757. The SMILES string of the molecule is C[P+](=O)c1ncco1. The summed E-state index contributed by atoms with van der Waals surface area (Å²) in [4.78, 5) is 3.67. The number of hydrogen-bond donors (Lipinski definition) is 0. The molecule has 1 rings (SSSR count). The molecule has 42 valence electrons. The summed E-state index contributed by atoms with van der Waals surface area (Å²) in [7, 11) is -1.39. The molecule has 0 aliphatic heterocycles. The number of rotatable bonds is 1. The Labute approximate surface area is 47.5 Å². The van der Waals surface area contributed by atoms with E-state index in [1.54, 1.807) is 6.66 Å². The molecular formula is C4H5NO2P+. The first-order valence-electron chi connectivity index (χ1n) is 2.11. The summed E-state index contributed by atoms with van der Waals surface area (Å²) in [6.07, 6.45) is 2.89. The summed E-state index contributed by atoms with van der Waals surface area (Å²) in [5.74, 6) is 0. The molecular weight excluding hydrogens is 125 g/mol. The van der Waals surface area contributed by atoms with Crippen LogP contribution < -0.4 is 5.63 Å². The van der Waals surface area contributed by atoms with Gasteiger partial charge >= 0.3 is 13.4 Å². The van der Waals surface area contributed by atoms with Gasteiger partial charge in [-0.05, 0) is 0 Å². The lowest BCUT2D eigenvalue weighted by Gasteiger charge is -1.64. The van der Waals surface area contributed by atoms with Gasteiger partial charge in [0, 0.05) is 0 Å². The minimum Gasteiger partial charge on any atom is -0.411 e. The monoisotopic (exact) mass is 130 g/mol. The largest absolute Gasteiger partial charge is 0.448 e. The van der Waals surface area contributed by atoms with Crippen molar-refractivity contribution in [2.45, 2.75) is 0 Å². The molecule has 1 heterocycles. The van der Waals surface area contributed by atoms with Crippen LogP contribution in [0.1, 0.15) is 0 Å². The maximum atomic E-state index is 10.5. The van der Waals surface area contributed by atoms with Gasteiger partial charge in [0.05, 0.1) is 6.20 Å². The van der Waals surface area contributed by atoms with Crippen LogP contribution in [-0.2, 0) is 4.57 Å². The van der Waals surface area contributed by atoms with Crippen molar-refractivity contribution >= 4 is 13.4 Å². The number of hydrogen-bond acceptors (Lipinski definition) is 3. The molecule has 0 saturated carbocycles. The van der Waals surface area contributed by atoms with E-state index in [1.165, 1.54) is 12.5 Å². The Bertz CT molecular complexity index is 182. The second-order valence-electron chi connectivity index (χ2n) is 1.31. The van der Waals surface area contributed by atoms with Crippen LogP contribution in [0.2, 0.25) is 0 Å². The number of aromatic nitrogens is 1. The third-order valence-electron chi connectivity index (χ3n) is 0.689. The molecule has 0 radical (unpaired) electrons. The van der Waals surface area contributed by atoms with Crippen molar-refractivity contribution in [2.24, 2.45) is 0 Å². The van der Waals surface area contributed by atoms with Crippen LogP contribution in [0.25, 0.3) is 0 Å². The van der Waals surface area contributed by atoms with Gasteiger partial charge in [-0.25, -0.2) is 0 Å². The quantitative estimate of drug-likeness (QED) is 0.527. The highest BCUT2D eigenvalue weighted by atomic mass is 31.1. The molecule has 8 heavy (non-hydrogen) atoms. The second kappa shape index (κ2) is 2.05. The van der Waals surface area contributed by atoms with Crippen LogP contribution in [0.4, 0.5) is 0 Å². The van der Waals surface area contributed by atoms with Crippen LogP contribution in [0, 0.1) is 0 Å². The average Bonchev–Trinajstić information content (AvgIpc) is 2.12. The van der Waals surface area contributed by atoms with Gasteiger partial charge in [0.15, 0.2) is 0 Å². The van der Waals surface area contributed by atoms with Crippen molar-refractivity contribution in [1.29, 1.82) is 0 Å². The number of oxazole rings is 1. The molecule has 0 amide bonds. The maximum absolute atomic E-state index is 10.5. The highest BCUT2D eigenvalue weighted by Gasteiger charge is 2.16. The number of nitrogens with zero attached hydrogens (tertiary/aromatic N) is 1. The fourth-order valence-corrected chi connectivity index (χ4v) is 0.810. The molecule has 1 atom stereocenters. The molecule has 0 aromatic carbocycles. The van der Waals surface area contributed by atoms with Gasteiger partial charge in [-0.2, -0.15) is 4.98 Å². The summed E-state index contributed by atoms with van der Waals surface area (Å²) >= 11 is 0. The third-order valence-corrected chi connectivity index (χ3v) is 1.45. The zero-order valence-electron chi connectivity index (χ0n) is 4.37. The lowest BCUT2D eigenvalue weighted by atomic mass is 11.0. The zero-order chi connectivity index (χ0) is 5.98. The lowest BCUT2D eigenvalue weighted by Crippen LogP contribution is -1.92. The van der Waals surface area contributed by atoms with Gasteiger partial charge in [0.25, 0.3) is 0 Å². The molecule has 0 spiro atoms. The minimum atomic E-state index is -1.39.